The van der Waals surface area contributed by atoms with E-state index < -0.39 is 0 Å². The van der Waals surface area contributed by atoms with Crippen molar-refractivity contribution in [2.45, 2.75) is 13.0 Å². The number of halogens is 1. The third kappa shape index (κ3) is 2.01. The molecule has 1 N–H and O–H groups in total. The van der Waals surface area contributed by atoms with Crippen molar-refractivity contribution in [2.75, 3.05) is 0 Å². The predicted molar refractivity (Wildman–Crippen MR) is 62.5 cm³/mol. The number of isocyanates is 1. The molecule has 15 heavy (non-hydrogen) atoms. The molecular formula is C11H9BrN2O. The molecule has 1 atom stereocenters. The molecule has 0 amide bonds. The van der Waals surface area contributed by atoms with Gasteiger partial charge in [0.15, 0.2) is 0 Å². The molecule has 0 aliphatic carbocycles. The first kappa shape index (κ1) is 10.1. The Morgan fingerprint density at radius 3 is 3.00 bits per heavy atom. The minimum absolute atomic E-state index is 0.173. The van der Waals surface area contributed by atoms with Gasteiger partial charge in [-0.1, -0.05) is 15.9 Å². The monoisotopic (exact) mass is 264 g/mol. The molecule has 0 aliphatic heterocycles. The number of H-pyrrole nitrogens is 1. The lowest BCUT2D eigenvalue weighted by Gasteiger charge is -1.97. The highest BCUT2D eigenvalue weighted by Gasteiger charge is 2.07. The normalized spacial score (nSPS) is 12.4. The maximum Gasteiger partial charge on any atom is 0.235 e. The molecule has 1 unspecified atom stereocenters. The Balaban J connectivity index is 2.51. The van der Waals surface area contributed by atoms with E-state index in [-0.39, 0.29) is 6.04 Å². The molecule has 0 radical (unpaired) electrons. The third-order valence-electron chi connectivity index (χ3n) is 2.30. The molecule has 0 fully saturated rings. The van der Waals surface area contributed by atoms with Crippen molar-refractivity contribution >= 4 is 32.9 Å². The number of fused-ring (bicyclic) bond motifs is 1. The highest BCUT2D eigenvalue weighted by molar-refractivity contribution is 9.10. The van der Waals surface area contributed by atoms with Gasteiger partial charge in [0.1, 0.15) is 0 Å². The molecule has 1 heterocycles. The number of aromatic nitrogens is 1. The average Bonchev–Trinajstić information content (AvgIpc) is 2.60. The van der Waals surface area contributed by atoms with Gasteiger partial charge in [0.2, 0.25) is 6.08 Å². The van der Waals surface area contributed by atoms with Crippen LogP contribution in [0.15, 0.2) is 33.7 Å². The van der Waals surface area contributed by atoms with E-state index in [4.69, 9.17) is 0 Å². The number of nitrogens with one attached hydrogen (secondary N) is 1. The quantitative estimate of drug-likeness (QED) is 0.657. The lowest BCUT2D eigenvalue weighted by molar-refractivity contribution is 0.559. The molecule has 76 valence electrons. The minimum Gasteiger partial charge on any atom is -0.357 e. The molecule has 0 spiro atoms. The summed E-state index contributed by atoms with van der Waals surface area (Å²) < 4.78 is 1.03. The van der Waals surface area contributed by atoms with E-state index in [0.29, 0.717) is 0 Å². The molecule has 4 heteroatoms. The van der Waals surface area contributed by atoms with Crippen molar-refractivity contribution in [1.82, 2.24) is 4.98 Å². The highest BCUT2D eigenvalue weighted by Crippen LogP contribution is 2.24. The number of aromatic amines is 1. The van der Waals surface area contributed by atoms with Crippen LogP contribution in [0.4, 0.5) is 0 Å². The number of benzene rings is 1. The molecule has 1 aromatic heterocycles. The van der Waals surface area contributed by atoms with E-state index in [1.165, 1.54) is 0 Å². The fourth-order valence-corrected chi connectivity index (χ4v) is 1.88. The van der Waals surface area contributed by atoms with Gasteiger partial charge in [-0.3, -0.25) is 0 Å². The number of hydrogen-bond acceptors (Lipinski definition) is 2. The number of aliphatic imine (C=N–C) groups is 1. The van der Waals surface area contributed by atoms with E-state index in [1.807, 2.05) is 31.2 Å². The SMILES string of the molecule is CC(N=C=O)c1cc2cc(Br)ccc2[nH]1. The zero-order valence-electron chi connectivity index (χ0n) is 8.12. The summed E-state index contributed by atoms with van der Waals surface area (Å²) in [6, 6.07) is 7.79. The molecule has 3 nitrogen and oxygen atoms in total. The van der Waals surface area contributed by atoms with Crippen LogP contribution < -0.4 is 0 Å². The third-order valence-corrected chi connectivity index (χ3v) is 2.79. The van der Waals surface area contributed by atoms with Gasteiger partial charge in [-0.15, -0.1) is 0 Å². The Morgan fingerprint density at radius 2 is 2.27 bits per heavy atom. The summed E-state index contributed by atoms with van der Waals surface area (Å²) >= 11 is 3.41. The van der Waals surface area contributed by atoms with Crippen LogP contribution in [0.3, 0.4) is 0 Å². The molecule has 0 saturated heterocycles. The van der Waals surface area contributed by atoms with Crippen LogP contribution in [0, 0.1) is 0 Å². The second kappa shape index (κ2) is 4.01. The summed E-state index contributed by atoms with van der Waals surface area (Å²) in [7, 11) is 0. The van der Waals surface area contributed by atoms with Gasteiger partial charge in [-0.25, -0.2) is 4.79 Å². The van der Waals surface area contributed by atoms with Gasteiger partial charge < -0.3 is 4.98 Å². The van der Waals surface area contributed by atoms with Crippen molar-refractivity contribution in [3.05, 3.63) is 34.4 Å². The first-order valence-corrected chi connectivity index (χ1v) is 5.35. The largest absolute Gasteiger partial charge is 0.357 e. The van der Waals surface area contributed by atoms with E-state index >= 15 is 0 Å². The second-order valence-corrected chi connectivity index (χ2v) is 4.27. The van der Waals surface area contributed by atoms with Crippen molar-refractivity contribution in [3.63, 3.8) is 0 Å². The number of carbonyl (C=O) groups excluding carboxylic acids is 1. The van der Waals surface area contributed by atoms with Gasteiger partial charge in [0.25, 0.3) is 0 Å². The van der Waals surface area contributed by atoms with Crippen molar-refractivity contribution in [3.8, 4) is 0 Å². The van der Waals surface area contributed by atoms with Gasteiger partial charge >= 0.3 is 0 Å². The van der Waals surface area contributed by atoms with Gasteiger partial charge in [0.05, 0.1) is 6.04 Å². The van der Waals surface area contributed by atoms with Crippen LogP contribution in [0.2, 0.25) is 0 Å². The van der Waals surface area contributed by atoms with Gasteiger partial charge in [0, 0.05) is 21.1 Å². The summed E-state index contributed by atoms with van der Waals surface area (Å²) in [5.41, 5.74) is 1.97. The van der Waals surface area contributed by atoms with Gasteiger partial charge in [-0.2, -0.15) is 4.99 Å². The molecule has 0 saturated carbocycles. The molecule has 2 rings (SSSR count). The fourth-order valence-electron chi connectivity index (χ4n) is 1.50. The summed E-state index contributed by atoms with van der Waals surface area (Å²) in [5, 5.41) is 1.10. The van der Waals surface area contributed by atoms with Crippen molar-refractivity contribution in [2.24, 2.45) is 4.99 Å². The number of hydrogen-bond donors (Lipinski definition) is 1. The standard InChI is InChI=1S/C11H9BrN2O/c1-7(13-6-15)11-5-8-4-9(12)2-3-10(8)14-11/h2-5,7,14H,1H3. The first-order chi connectivity index (χ1) is 7.20. The molecule has 0 bridgehead atoms. The number of nitrogens with zero attached hydrogens (tertiary/aromatic N) is 1. The van der Waals surface area contributed by atoms with Crippen LogP contribution in [0.1, 0.15) is 18.7 Å². The Labute approximate surface area is 95.3 Å². The molecule has 1 aromatic carbocycles. The highest BCUT2D eigenvalue weighted by atomic mass is 79.9. The minimum atomic E-state index is -0.173. The van der Waals surface area contributed by atoms with Crippen LogP contribution >= 0.6 is 15.9 Å². The van der Waals surface area contributed by atoms with Crippen LogP contribution in [0.25, 0.3) is 10.9 Å². The van der Waals surface area contributed by atoms with E-state index in [0.717, 1.165) is 21.1 Å². The van der Waals surface area contributed by atoms with Crippen LogP contribution in [-0.4, -0.2) is 11.1 Å². The molecule has 0 aliphatic rings. The zero-order chi connectivity index (χ0) is 10.8. The second-order valence-electron chi connectivity index (χ2n) is 3.35. The van der Waals surface area contributed by atoms with Gasteiger partial charge in [-0.05, 0) is 31.2 Å². The van der Waals surface area contributed by atoms with Crippen LogP contribution in [0.5, 0.6) is 0 Å². The fraction of sp³-hybridized carbons (Fsp3) is 0.182. The predicted octanol–water partition coefficient (Wildman–Crippen LogP) is 3.33. The number of rotatable bonds is 2. The molecular weight excluding hydrogens is 256 g/mol. The van der Waals surface area contributed by atoms with E-state index in [9.17, 15) is 4.79 Å². The summed E-state index contributed by atoms with van der Waals surface area (Å²) in [6.45, 7) is 1.85. The first-order valence-electron chi connectivity index (χ1n) is 4.56. The smallest absolute Gasteiger partial charge is 0.235 e. The lowest BCUT2D eigenvalue weighted by atomic mass is 10.2. The Morgan fingerprint density at radius 1 is 1.47 bits per heavy atom. The van der Waals surface area contributed by atoms with E-state index in [1.54, 1.807) is 6.08 Å². The van der Waals surface area contributed by atoms with Crippen molar-refractivity contribution in [1.29, 1.82) is 0 Å². The summed E-state index contributed by atoms with van der Waals surface area (Å²) in [4.78, 5) is 17.0. The van der Waals surface area contributed by atoms with Crippen molar-refractivity contribution < 1.29 is 4.79 Å². The zero-order valence-corrected chi connectivity index (χ0v) is 9.71. The maximum atomic E-state index is 10.1. The topological polar surface area (TPSA) is 45.2 Å². The Kier molecular flexibility index (Phi) is 2.71. The summed E-state index contributed by atoms with van der Waals surface area (Å²) in [5.74, 6) is 0. The molecule has 2 aromatic rings. The lowest BCUT2D eigenvalue weighted by Crippen LogP contribution is -1.87. The maximum absolute atomic E-state index is 10.1. The van der Waals surface area contributed by atoms with Crippen LogP contribution in [-0.2, 0) is 4.79 Å². The van der Waals surface area contributed by atoms with E-state index in [2.05, 4.69) is 25.9 Å². The average molecular weight is 265 g/mol. The Hall–Kier alpha value is -1.38. The Bertz CT molecular complexity index is 541. The summed E-state index contributed by atoms with van der Waals surface area (Å²) in [6.07, 6.45) is 1.57.